The third-order valence-corrected chi connectivity index (χ3v) is 3.10. The van der Waals surface area contributed by atoms with Gasteiger partial charge in [0.15, 0.2) is 0 Å². The molecule has 0 atom stereocenters. The van der Waals surface area contributed by atoms with Gasteiger partial charge in [-0.2, -0.15) is 0 Å². The molecule has 1 aromatic heterocycles. The zero-order valence-corrected chi connectivity index (χ0v) is 10.2. The summed E-state index contributed by atoms with van der Waals surface area (Å²) in [5.74, 6) is -0.405. The molecule has 0 aliphatic rings. The van der Waals surface area contributed by atoms with Crippen LogP contribution < -0.4 is 0 Å². The van der Waals surface area contributed by atoms with E-state index in [0.717, 1.165) is 20.9 Å². The fourth-order valence-electron chi connectivity index (χ4n) is 1.54. The Morgan fingerprint density at radius 2 is 2.25 bits per heavy atom. The number of carbonyl (C=O) groups is 1. The highest BCUT2D eigenvalue weighted by molar-refractivity contribution is 9.10. The van der Waals surface area contributed by atoms with Gasteiger partial charge in [0.05, 0.1) is 13.7 Å². The Kier molecular flexibility index (Phi) is 2.98. The van der Waals surface area contributed by atoms with Crippen LogP contribution in [0.25, 0.3) is 10.9 Å². The first-order valence-corrected chi connectivity index (χ1v) is 5.45. The van der Waals surface area contributed by atoms with Crippen molar-refractivity contribution in [1.29, 1.82) is 0 Å². The number of ether oxygens (including phenoxy) is 1. The summed E-state index contributed by atoms with van der Waals surface area (Å²) in [5.41, 5.74) is 1.97. The monoisotopic (exact) mass is 283 g/mol. The lowest BCUT2D eigenvalue weighted by molar-refractivity contribution is 0.0595. The van der Waals surface area contributed by atoms with E-state index in [0.29, 0.717) is 5.69 Å². The lowest BCUT2D eigenvalue weighted by atomic mass is 10.2. The maximum Gasteiger partial charge on any atom is 0.354 e. The smallest absolute Gasteiger partial charge is 0.354 e. The van der Waals surface area contributed by atoms with Gasteiger partial charge in [0.2, 0.25) is 0 Å². The average molecular weight is 284 g/mol. The molecule has 4 nitrogen and oxygen atoms in total. The minimum atomic E-state index is -0.405. The van der Waals surface area contributed by atoms with Gasteiger partial charge in [0.1, 0.15) is 5.69 Å². The Morgan fingerprint density at radius 1 is 1.50 bits per heavy atom. The number of halogens is 1. The van der Waals surface area contributed by atoms with Crippen molar-refractivity contribution in [3.05, 3.63) is 33.9 Å². The van der Waals surface area contributed by atoms with Crippen LogP contribution in [0.3, 0.4) is 0 Å². The van der Waals surface area contributed by atoms with E-state index in [2.05, 4.69) is 25.7 Å². The molecule has 0 amide bonds. The topological polar surface area (TPSA) is 62.3 Å². The van der Waals surface area contributed by atoms with Crippen LogP contribution in [0, 0.1) is 0 Å². The average Bonchev–Trinajstić information content (AvgIpc) is 2.69. The van der Waals surface area contributed by atoms with E-state index < -0.39 is 5.97 Å². The number of aliphatic hydroxyl groups excluding tert-OH is 1. The standard InChI is InChI=1S/C11H10BrNO3/c1-16-11(15)10-3-6-2-8(12)7(5-14)4-9(6)13-10/h2-4,13-14H,5H2,1H3. The second-order valence-electron chi connectivity index (χ2n) is 3.36. The number of aliphatic hydroxyl groups is 1. The van der Waals surface area contributed by atoms with Crippen molar-refractivity contribution in [3.63, 3.8) is 0 Å². The lowest BCUT2D eigenvalue weighted by Gasteiger charge is -1.99. The van der Waals surface area contributed by atoms with Crippen LogP contribution in [0.5, 0.6) is 0 Å². The number of aromatic amines is 1. The van der Waals surface area contributed by atoms with E-state index in [1.807, 2.05) is 6.07 Å². The van der Waals surface area contributed by atoms with Crippen LogP contribution in [-0.4, -0.2) is 23.2 Å². The molecule has 2 aromatic rings. The molecule has 0 unspecified atom stereocenters. The number of hydrogen-bond acceptors (Lipinski definition) is 3. The minimum Gasteiger partial charge on any atom is -0.464 e. The molecule has 2 N–H and O–H groups in total. The highest BCUT2D eigenvalue weighted by atomic mass is 79.9. The van der Waals surface area contributed by atoms with Crippen molar-refractivity contribution < 1.29 is 14.6 Å². The summed E-state index contributed by atoms with van der Waals surface area (Å²) in [6.45, 7) is -0.0525. The van der Waals surface area contributed by atoms with Gasteiger partial charge in [0.25, 0.3) is 0 Å². The number of fused-ring (bicyclic) bond motifs is 1. The Bertz CT molecular complexity index is 547. The Labute approximate surface area is 100 Å². The van der Waals surface area contributed by atoms with E-state index in [-0.39, 0.29) is 6.61 Å². The number of methoxy groups -OCH3 is 1. The van der Waals surface area contributed by atoms with Crippen molar-refractivity contribution in [2.24, 2.45) is 0 Å². The minimum absolute atomic E-state index is 0.0525. The first-order valence-electron chi connectivity index (χ1n) is 4.66. The van der Waals surface area contributed by atoms with E-state index in [1.54, 1.807) is 12.1 Å². The van der Waals surface area contributed by atoms with E-state index >= 15 is 0 Å². The highest BCUT2D eigenvalue weighted by Crippen LogP contribution is 2.25. The normalized spacial score (nSPS) is 10.7. The fourth-order valence-corrected chi connectivity index (χ4v) is 2.03. The van der Waals surface area contributed by atoms with Gasteiger partial charge in [-0.05, 0) is 23.8 Å². The number of H-pyrrole nitrogens is 1. The molecule has 0 fully saturated rings. The molecule has 0 radical (unpaired) electrons. The second-order valence-corrected chi connectivity index (χ2v) is 4.22. The van der Waals surface area contributed by atoms with Crippen molar-refractivity contribution >= 4 is 32.8 Å². The number of aromatic nitrogens is 1. The van der Waals surface area contributed by atoms with Crippen molar-refractivity contribution in [3.8, 4) is 0 Å². The maximum absolute atomic E-state index is 11.3. The van der Waals surface area contributed by atoms with Gasteiger partial charge < -0.3 is 14.8 Å². The van der Waals surface area contributed by atoms with Gasteiger partial charge in [0, 0.05) is 15.4 Å². The van der Waals surface area contributed by atoms with Gasteiger partial charge >= 0.3 is 5.97 Å². The molecule has 0 saturated heterocycles. The maximum atomic E-state index is 11.3. The summed E-state index contributed by atoms with van der Waals surface area (Å²) >= 11 is 3.35. The van der Waals surface area contributed by atoms with Crippen molar-refractivity contribution in [2.45, 2.75) is 6.61 Å². The van der Waals surface area contributed by atoms with Crippen LogP contribution in [0.4, 0.5) is 0 Å². The van der Waals surface area contributed by atoms with Gasteiger partial charge in [-0.1, -0.05) is 15.9 Å². The Morgan fingerprint density at radius 3 is 2.88 bits per heavy atom. The van der Waals surface area contributed by atoms with Crippen LogP contribution in [0.1, 0.15) is 16.1 Å². The first kappa shape index (κ1) is 11.2. The zero-order chi connectivity index (χ0) is 11.7. The number of nitrogens with one attached hydrogen (secondary N) is 1. The second kappa shape index (κ2) is 4.27. The van der Waals surface area contributed by atoms with Crippen molar-refractivity contribution in [1.82, 2.24) is 4.98 Å². The Balaban J connectivity index is 2.58. The molecular weight excluding hydrogens is 274 g/mol. The third-order valence-electron chi connectivity index (χ3n) is 2.36. The number of carbonyl (C=O) groups excluding carboxylic acids is 1. The number of rotatable bonds is 2. The summed E-state index contributed by atoms with van der Waals surface area (Å²) in [5, 5.41) is 10.00. The molecule has 0 bridgehead atoms. The predicted octanol–water partition coefficient (Wildman–Crippen LogP) is 2.21. The summed E-state index contributed by atoms with van der Waals surface area (Å²) in [7, 11) is 1.34. The SMILES string of the molecule is COC(=O)c1cc2cc(Br)c(CO)cc2[nH]1. The molecule has 5 heteroatoms. The van der Waals surface area contributed by atoms with Gasteiger partial charge in [-0.25, -0.2) is 4.79 Å². The van der Waals surface area contributed by atoms with Crippen molar-refractivity contribution in [2.75, 3.05) is 7.11 Å². The lowest BCUT2D eigenvalue weighted by Crippen LogP contribution is -2.00. The van der Waals surface area contributed by atoms with Gasteiger partial charge in [-0.15, -0.1) is 0 Å². The molecule has 0 aliphatic heterocycles. The molecule has 16 heavy (non-hydrogen) atoms. The third kappa shape index (κ3) is 1.83. The quantitative estimate of drug-likeness (QED) is 0.831. The molecule has 2 rings (SSSR count). The summed E-state index contributed by atoms with van der Waals surface area (Å²) in [6, 6.07) is 5.36. The molecular formula is C11H10BrNO3. The predicted molar refractivity (Wildman–Crippen MR) is 63.3 cm³/mol. The molecule has 84 valence electrons. The molecule has 0 aliphatic carbocycles. The summed E-state index contributed by atoms with van der Waals surface area (Å²) < 4.78 is 5.44. The molecule has 1 heterocycles. The van der Waals surface area contributed by atoms with Gasteiger partial charge in [-0.3, -0.25) is 0 Å². The number of esters is 1. The summed E-state index contributed by atoms with van der Waals surface area (Å²) in [6.07, 6.45) is 0. The van der Waals surface area contributed by atoms with E-state index in [4.69, 9.17) is 5.11 Å². The highest BCUT2D eigenvalue weighted by Gasteiger charge is 2.10. The Hall–Kier alpha value is -1.33. The largest absolute Gasteiger partial charge is 0.464 e. The number of benzene rings is 1. The summed E-state index contributed by atoms with van der Waals surface area (Å²) in [4.78, 5) is 14.2. The fraction of sp³-hybridized carbons (Fsp3) is 0.182. The van der Waals surface area contributed by atoms with Crippen LogP contribution in [0.2, 0.25) is 0 Å². The first-order chi connectivity index (χ1) is 7.65. The van der Waals surface area contributed by atoms with Crippen LogP contribution in [0.15, 0.2) is 22.7 Å². The van der Waals surface area contributed by atoms with E-state index in [9.17, 15) is 4.79 Å². The number of hydrogen-bond donors (Lipinski definition) is 2. The molecule has 0 saturated carbocycles. The molecule has 0 spiro atoms. The van der Waals surface area contributed by atoms with Crippen LogP contribution >= 0.6 is 15.9 Å². The van der Waals surface area contributed by atoms with Crippen LogP contribution in [-0.2, 0) is 11.3 Å². The van der Waals surface area contributed by atoms with E-state index in [1.165, 1.54) is 7.11 Å². The molecule has 1 aromatic carbocycles. The zero-order valence-electron chi connectivity index (χ0n) is 8.58.